The summed E-state index contributed by atoms with van der Waals surface area (Å²) in [5.41, 5.74) is 0.881. The number of unbranched alkanes of at least 4 members (excludes halogenated alkanes) is 4. The second-order valence-corrected chi connectivity index (χ2v) is 5.67. The van der Waals surface area contributed by atoms with Crippen molar-refractivity contribution in [2.45, 2.75) is 52.4 Å². The van der Waals surface area contributed by atoms with E-state index in [-0.39, 0.29) is 5.97 Å². The molecule has 0 aromatic heterocycles. The normalized spacial score (nSPS) is 10.8. The van der Waals surface area contributed by atoms with Crippen molar-refractivity contribution in [2.75, 3.05) is 20.3 Å². The first-order chi connectivity index (χ1) is 11.7. The van der Waals surface area contributed by atoms with Gasteiger partial charge >= 0.3 is 5.97 Å². The molecule has 4 heteroatoms. The average molecular weight is 334 g/mol. The predicted molar refractivity (Wildman–Crippen MR) is 97.5 cm³/mol. The van der Waals surface area contributed by atoms with E-state index in [0.29, 0.717) is 24.7 Å². The second-order valence-electron chi connectivity index (χ2n) is 5.67. The zero-order valence-corrected chi connectivity index (χ0v) is 15.2. The summed E-state index contributed by atoms with van der Waals surface area (Å²) in [6.07, 6.45) is 9.61. The molecule has 0 N–H and O–H groups in total. The Labute approximate surface area is 145 Å². The van der Waals surface area contributed by atoms with E-state index in [1.807, 2.05) is 18.2 Å². The summed E-state index contributed by atoms with van der Waals surface area (Å²) in [6, 6.07) is 5.62. The quantitative estimate of drug-likeness (QED) is 0.306. The highest BCUT2D eigenvalue weighted by Crippen LogP contribution is 2.28. The highest BCUT2D eigenvalue weighted by Gasteiger charge is 2.05. The van der Waals surface area contributed by atoms with Crippen molar-refractivity contribution in [1.29, 1.82) is 0 Å². The van der Waals surface area contributed by atoms with Crippen molar-refractivity contribution in [3.8, 4) is 11.5 Å². The van der Waals surface area contributed by atoms with E-state index in [1.165, 1.54) is 6.08 Å². The third kappa shape index (κ3) is 8.04. The fourth-order valence-corrected chi connectivity index (χ4v) is 2.18. The van der Waals surface area contributed by atoms with Crippen LogP contribution in [0.15, 0.2) is 24.3 Å². The lowest BCUT2D eigenvalue weighted by Gasteiger charge is -2.11. The van der Waals surface area contributed by atoms with E-state index < -0.39 is 0 Å². The Kier molecular flexibility index (Phi) is 10.4. The third-order valence-electron chi connectivity index (χ3n) is 3.60. The largest absolute Gasteiger partial charge is 0.493 e. The second kappa shape index (κ2) is 12.5. The van der Waals surface area contributed by atoms with E-state index in [4.69, 9.17) is 14.2 Å². The van der Waals surface area contributed by atoms with Crippen LogP contribution in [0.2, 0.25) is 0 Å². The summed E-state index contributed by atoms with van der Waals surface area (Å²) >= 11 is 0. The van der Waals surface area contributed by atoms with Crippen LogP contribution < -0.4 is 9.47 Å². The third-order valence-corrected chi connectivity index (χ3v) is 3.60. The number of carbonyl (C=O) groups is 1. The van der Waals surface area contributed by atoms with E-state index in [0.717, 1.165) is 44.1 Å². The standard InChI is InChI=1S/C20H30O4/c1-4-6-8-14-23-19-16-17(10-12-18(19)22-3)11-13-20(21)24-15-9-7-5-2/h10-13,16H,4-9,14-15H2,1-3H3/b13-11+. The van der Waals surface area contributed by atoms with Gasteiger partial charge in [0.2, 0.25) is 0 Å². The molecule has 0 saturated carbocycles. The van der Waals surface area contributed by atoms with Crippen LogP contribution in [0.25, 0.3) is 6.08 Å². The van der Waals surface area contributed by atoms with Gasteiger partial charge in [-0.2, -0.15) is 0 Å². The predicted octanol–water partition coefficient (Wildman–Crippen LogP) is 5.01. The zero-order chi connectivity index (χ0) is 17.6. The minimum absolute atomic E-state index is 0.313. The molecule has 4 nitrogen and oxygen atoms in total. The molecule has 1 aromatic rings. The van der Waals surface area contributed by atoms with Gasteiger partial charge in [0.05, 0.1) is 20.3 Å². The SMILES string of the molecule is CCCCCOC(=O)/C=C/c1ccc(OC)c(OCCCCC)c1. The Morgan fingerprint density at radius 3 is 2.38 bits per heavy atom. The van der Waals surface area contributed by atoms with Gasteiger partial charge in [0, 0.05) is 6.08 Å². The summed E-state index contributed by atoms with van der Waals surface area (Å²) in [7, 11) is 1.62. The van der Waals surface area contributed by atoms with Gasteiger partial charge in [0.15, 0.2) is 11.5 Å². The Bertz CT molecular complexity index is 508. The number of rotatable bonds is 12. The minimum Gasteiger partial charge on any atom is -0.493 e. The highest BCUT2D eigenvalue weighted by molar-refractivity contribution is 5.87. The molecule has 0 aliphatic rings. The topological polar surface area (TPSA) is 44.8 Å². The van der Waals surface area contributed by atoms with Crippen molar-refractivity contribution < 1.29 is 19.0 Å². The molecule has 0 spiro atoms. The highest BCUT2D eigenvalue weighted by atomic mass is 16.5. The number of esters is 1. The molecule has 24 heavy (non-hydrogen) atoms. The van der Waals surface area contributed by atoms with Crippen molar-refractivity contribution in [2.24, 2.45) is 0 Å². The molecule has 0 unspecified atom stereocenters. The summed E-state index contributed by atoms with van der Waals surface area (Å²) in [5, 5.41) is 0. The van der Waals surface area contributed by atoms with Gasteiger partial charge in [0.1, 0.15) is 0 Å². The van der Waals surface area contributed by atoms with Crippen LogP contribution in [-0.4, -0.2) is 26.3 Å². The molecule has 0 aliphatic carbocycles. The molecular weight excluding hydrogens is 304 g/mol. The van der Waals surface area contributed by atoms with Crippen LogP contribution in [0, 0.1) is 0 Å². The number of methoxy groups -OCH3 is 1. The van der Waals surface area contributed by atoms with E-state index in [1.54, 1.807) is 13.2 Å². The summed E-state index contributed by atoms with van der Waals surface area (Å²) < 4.78 is 16.3. The Balaban J connectivity index is 2.57. The summed E-state index contributed by atoms with van der Waals surface area (Å²) in [4.78, 5) is 11.7. The van der Waals surface area contributed by atoms with Gasteiger partial charge in [-0.15, -0.1) is 0 Å². The van der Waals surface area contributed by atoms with Gasteiger partial charge in [-0.05, 0) is 36.6 Å². The molecule has 1 aromatic carbocycles. The first-order valence-electron chi connectivity index (χ1n) is 8.87. The molecular formula is C20H30O4. The lowest BCUT2D eigenvalue weighted by atomic mass is 10.2. The van der Waals surface area contributed by atoms with Crippen LogP contribution >= 0.6 is 0 Å². The van der Waals surface area contributed by atoms with E-state index in [9.17, 15) is 4.79 Å². The smallest absolute Gasteiger partial charge is 0.330 e. The number of ether oxygens (including phenoxy) is 3. The fraction of sp³-hybridized carbons (Fsp3) is 0.550. The molecule has 0 amide bonds. The van der Waals surface area contributed by atoms with Crippen molar-refractivity contribution in [3.63, 3.8) is 0 Å². The fourth-order valence-electron chi connectivity index (χ4n) is 2.18. The van der Waals surface area contributed by atoms with Crippen LogP contribution in [0.5, 0.6) is 11.5 Å². The molecule has 1 rings (SSSR count). The molecule has 0 saturated heterocycles. The van der Waals surface area contributed by atoms with Crippen molar-refractivity contribution >= 4 is 12.0 Å². The molecule has 0 atom stereocenters. The molecule has 0 heterocycles. The molecule has 0 radical (unpaired) electrons. The zero-order valence-electron chi connectivity index (χ0n) is 15.2. The number of benzene rings is 1. The molecule has 0 bridgehead atoms. The molecule has 0 aliphatic heterocycles. The van der Waals surface area contributed by atoms with E-state index in [2.05, 4.69) is 13.8 Å². The summed E-state index contributed by atoms with van der Waals surface area (Å²) in [6.45, 7) is 5.42. The summed E-state index contributed by atoms with van der Waals surface area (Å²) in [5.74, 6) is 1.09. The number of carbonyl (C=O) groups excluding carboxylic acids is 1. The minimum atomic E-state index is -0.313. The van der Waals surface area contributed by atoms with E-state index >= 15 is 0 Å². The van der Waals surface area contributed by atoms with Crippen LogP contribution in [0.4, 0.5) is 0 Å². The monoisotopic (exact) mass is 334 g/mol. The van der Waals surface area contributed by atoms with Gasteiger partial charge in [-0.1, -0.05) is 45.6 Å². The maximum atomic E-state index is 11.7. The van der Waals surface area contributed by atoms with Gasteiger partial charge < -0.3 is 14.2 Å². The molecule has 134 valence electrons. The van der Waals surface area contributed by atoms with Crippen LogP contribution in [-0.2, 0) is 9.53 Å². The Morgan fingerprint density at radius 1 is 1.00 bits per heavy atom. The van der Waals surface area contributed by atoms with Crippen molar-refractivity contribution in [3.05, 3.63) is 29.8 Å². The van der Waals surface area contributed by atoms with Gasteiger partial charge in [0.25, 0.3) is 0 Å². The molecule has 0 fully saturated rings. The maximum absolute atomic E-state index is 11.7. The lowest BCUT2D eigenvalue weighted by molar-refractivity contribution is -0.137. The first kappa shape index (κ1) is 20.1. The van der Waals surface area contributed by atoms with Gasteiger partial charge in [-0.3, -0.25) is 0 Å². The van der Waals surface area contributed by atoms with Gasteiger partial charge in [-0.25, -0.2) is 4.79 Å². The lowest BCUT2D eigenvalue weighted by Crippen LogP contribution is -2.02. The Morgan fingerprint density at radius 2 is 1.71 bits per heavy atom. The number of hydrogen-bond donors (Lipinski definition) is 0. The number of hydrogen-bond acceptors (Lipinski definition) is 4. The van der Waals surface area contributed by atoms with Crippen LogP contribution in [0.3, 0.4) is 0 Å². The first-order valence-corrected chi connectivity index (χ1v) is 8.87. The van der Waals surface area contributed by atoms with Crippen molar-refractivity contribution in [1.82, 2.24) is 0 Å². The Hall–Kier alpha value is -1.97. The maximum Gasteiger partial charge on any atom is 0.330 e. The van der Waals surface area contributed by atoms with Crippen LogP contribution in [0.1, 0.15) is 57.9 Å². The average Bonchev–Trinajstić information content (AvgIpc) is 2.60.